The van der Waals surface area contributed by atoms with E-state index in [0.717, 1.165) is 10.9 Å². The SMILES string of the molecule is Cc1ccc(C(=O)C[n+]2ccc3ccccc3c2)cc1.[Br-]. The highest BCUT2D eigenvalue weighted by Crippen LogP contribution is 2.10. The average Bonchev–Trinajstić information content (AvgIpc) is 2.48. The summed E-state index contributed by atoms with van der Waals surface area (Å²) in [5.41, 5.74) is 1.93. The number of aromatic nitrogens is 1. The van der Waals surface area contributed by atoms with Crippen LogP contribution in [0.15, 0.2) is 67.0 Å². The predicted molar refractivity (Wildman–Crippen MR) is 79.7 cm³/mol. The first-order chi connectivity index (χ1) is 9.72. The summed E-state index contributed by atoms with van der Waals surface area (Å²) in [6.45, 7) is 2.39. The topological polar surface area (TPSA) is 20.9 Å². The lowest BCUT2D eigenvalue weighted by atomic mass is 10.1. The van der Waals surface area contributed by atoms with E-state index in [1.807, 2.05) is 66.3 Å². The van der Waals surface area contributed by atoms with Gasteiger partial charge in [-0.3, -0.25) is 4.79 Å². The van der Waals surface area contributed by atoms with Crippen molar-refractivity contribution in [3.05, 3.63) is 78.1 Å². The molecule has 0 aliphatic rings. The molecule has 3 heteroatoms. The van der Waals surface area contributed by atoms with Gasteiger partial charge in [-0.05, 0) is 18.4 Å². The molecular formula is C18H16BrNO. The number of hydrogen-bond donors (Lipinski definition) is 0. The molecule has 2 nitrogen and oxygen atoms in total. The maximum Gasteiger partial charge on any atom is 0.227 e. The Morgan fingerprint density at radius 3 is 2.33 bits per heavy atom. The summed E-state index contributed by atoms with van der Waals surface area (Å²) in [7, 11) is 0. The Morgan fingerprint density at radius 2 is 1.62 bits per heavy atom. The van der Waals surface area contributed by atoms with E-state index >= 15 is 0 Å². The standard InChI is InChI=1S/C18H16NO.BrH/c1-14-6-8-16(9-7-14)18(20)13-19-11-10-15-4-2-3-5-17(15)12-19;/h2-12H,13H2,1H3;1H/q+1;/p-1. The number of nitrogens with zero attached hydrogens (tertiary/aromatic N) is 1. The van der Waals surface area contributed by atoms with E-state index in [1.54, 1.807) is 0 Å². The third kappa shape index (κ3) is 3.56. The van der Waals surface area contributed by atoms with E-state index in [0.29, 0.717) is 6.54 Å². The van der Waals surface area contributed by atoms with Gasteiger partial charge in [0.2, 0.25) is 12.3 Å². The summed E-state index contributed by atoms with van der Waals surface area (Å²) in [6.07, 6.45) is 3.97. The Labute approximate surface area is 134 Å². The fourth-order valence-electron chi connectivity index (χ4n) is 2.27. The van der Waals surface area contributed by atoms with Crippen LogP contribution in [0.4, 0.5) is 0 Å². The van der Waals surface area contributed by atoms with E-state index in [4.69, 9.17) is 0 Å². The number of carbonyl (C=O) groups excluding carboxylic acids is 1. The second-order valence-corrected chi connectivity index (χ2v) is 5.04. The zero-order valence-electron chi connectivity index (χ0n) is 11.8. The molecule has 0 spiro atoms. The fraction of sp³-hybridized carbons (Fsp3) is 0.111. The predicted octanol–water partition coefficient (Wildman–Crippen LogP) is 0.323. The molecule has 0 unspecified atom stereocenters. The van der Waals surface area contributed by atoms with Crippen LogP contribution >= 0.6 is 0 Å². The zero-order chi connectivity index (χ0) is 13.9. The van der Waals surface area contributed by atoms with Crippen LogP contribution < -0.4 is 21.5 Å². The van der Waals surface area contributed by atoms with Gasteiger partial charge in [0.15, 0.2) is 12.4 Å². The van der Waals surface area contributed by atoms with Crippen LogP contribution in [0.5, 0.6) is 0 Å². The molecule has 0 saturated carbocycles. The molecule has 2 aromatic carbocycles. The van der Waals surface area contributed by atoms with Crippen molar-refractivity contribution < 1.29 is 26.3 Å². The highest BCUT2D eigenvalue weighted by Gasteiger charge is 2.12. The second-order valence-electron chi connectivity index (χ2n) is 5.04. The minimum absolute atomic E-state index is 0. The summed E-state index contributed by atoms with van der Waals surface area (Å²) in [6, 6.07) is 17.9. The average molecular weight is 342 g/mol. The normalized spacial score (nSPS) is 10.1. The first-order valence-electron chi connectivity index (χ1n) is 6.70. The van der Waals surface area contributed by atoms with Crippen molar-refractivity contribution >= 4 is 16.6 Å². The largest absolute Gasteiger partial charge is 1.00 e. The first kappa shape index (κ1) is 15.4. The maximum absolute atomic E-state index is 12.2. The van der Waals surface area contributed by atoms with E-state index in [9.17, 15) is 4.79 Å². The summed E-state index contributed by atoms with van der Waals surface area (Å²) in [5, 5.41) is 2.33. The fourth-order valence-corrected chi connectivity index (χ4v) is 2.27. The van der Waals surface area contributed by atoms with Crippen LogP contribution in [-0.2, 0) is 6.54 Å². The number of Topliss-reactive ketones (excluding diaryl/α,β-unsaturated/α-hetero) is 1. The zero-order valence-corrected chi connectivity index (χ0v) is 13.4. The van der Waals surface area contributed by atoms with Crippen molar-refractivity contribution in [2.75, 3.05) is 0 Å². The number of fused-ring (bicyclic) bond motifs is 1. The molecule has 0 fully saturated rings. The first-order valence-corrected chi connectivity index (χ1v) is 6.70. The number of rotatable bonds is 3. The Bertz CT molecular complexity index is 766. The van der Waals surface area contributed by atoms with E-state index in [1.165, 1.54) is 10.9 Å². The maximum atomic E-state index is 12.2. The van der Waals surface area contributed by atoms with Crippen LogP contribution in [0.3, 0.4) is 0 Å². The minimum Gasteiger partial charge on any atom is -1.00 e. The lowest BCUT2D eigenvalue weighted by Crippen LogP contribution is -3.00. The molecule has 0 saturated heterocycles. The van der Waals surface area contributed by atoms with E-state index in [2.05, 4.69) is 12.1 Å². The van der Waals surface area contributed by atoms with Gasteiger partial charge >= 0.3 is 0 Å². The molecule has 0 atom stereocenters. The van der Waals surface area contributed by atoms with Gasteiger partial charge < -0.3 is 17.0 Å². The molecule has 0 radical (unpaired) electrons. The number of halogens is 1. The second kappa shape index (κ2) is 6.64. The summed E-state index contributed by atoms with van der Waals surface area (Å²) in [5.74, 6) is 0.130. The summed E-state index contributed by atoms with van der Waals surface area (Å²) in [4.78, 5) is 12.2. The smallest absolute Gasteiger partial charge is 0.227 e. The van der Waals surface area contributed by atoms with Crippen molar-refractivity contribution in [1.29, 1.82) is 0 Å². The minimum atomic E-state index is 0. The van der Waals surface area contributed by atoms with Crippen molar-refractivity contribution in [3.63, 3.8) is 0 Å². The molecule has 3 rings (SSSR count). The van der Waals surface area contributed by atoms with Crippen molar-refractivity contribution in [1.82, 2.24) is 0 Å². The Kier molecular flexibility index (Phi) is 4.86. The lowest BCUT2D eigenvalue weighted by molar-refractivity contribution is -0.681. The molecule has 0 aliphatic carbocycles. The van der Waals surface area contributed by atoms with Crippen molar-refractivity contribution in [3.8, 4) is 0 Å². The monoisotopic (exact) mass is 341 g/mol. The molecule has 21 heavy (non-hydrogen) atoms. The highest BCUT2D eigenvalue weighted by molar-refractivity contribution is 5.95. The Morgan fingerprint density at radius 1 is 0.952 bits per heavy atom. The van der Waals surface area contributed by atoms with Gasteiger partial charge in [-0.1, -0.05) is 48.0 Å². The van der Waals surface area contributed by atoms with Gasteiger partial charge in [-0.2, -0.15) is 4.57 Å². The van der Waals surface area contributed by atoms with Gasteiger partial charge in [0, 0.05) is 17.0 Å². The number of benzene rings is 2. The van der Waals surface area contributed by atoms with E-state index < -0.39 is 0 Å². The third-order valence-corrected chi connectivity index (χ3v) is 3.45. The van der Waals surface area contributed by atoms with Gasteiger partial charge in [-0.25, -0.2) is 0 Å². The van der Waals surface area contributed by atoms with Crippen LogP contribution in [0, 0.1) is 6.92 Å². The molecule has 1 aromatic heterocycles. The van der Waals surface area contributed by atoms with Crippen molar-refractivity contribution in [2.24, 2.45) is 0 Å². The van der Waals surface area contributed by atoms with E-state index in [-0.39, 0.29) is 22.8 Å². The molecular weight excluding hydrogens is 326 g/mol. The number of pyridine rings is 1. The molecule has 0 aliphatic heterocycles. The van der Waals surface area contributed by atoms with Crippen LogP contribution in [-0.4, -0.2) is 5.78 Å². The van der Waals surface area contributed by atoms with Crippen LogP contribution in [0.25, 0.3) is 10.8 Å². The third-order valence-electron chi connectivity index (χ3n) is 3.45. The lowest BCUT2D eigenvalue weighted by Gasteiger charge is -2.00. The molecule has 0 amide bonds. The molecule has 0 bridgehead atoms. The Balaban J connectivity index is 0.00000161. The number of hydrogen-bond acceptors (Lipinski definition) is 1. The highest BCUT2D eigenvalue weighted by atomic mass is 79.9. The molecule has 1 heterocycles. The Hall–Kier alpha value is -2.00. The molecule has 3 aromatic rings. The van der Waals surface area contributed by atoms with Gasteiger partial charge in [-0.15, -0.1) is 0 Å². The number of aryl methyl sites for hydroxylation is 1. The van der Waals surface area contributed by atoms with Gasteiger partial charge in [0.1, 0.15) is 0 Å². The van der Waals surface area contributed by atoms with Gasteiger partial charge in [0.25, 0.3) is 0 Å². The molecule has 106 valence electrons. The number of ketones is 1. The summed E-state index contributed by atoms with van der Waals surface area (Å²) >= 11 is 0. The van der Waals surface area contributed by atoms with Gasteiger partial charge in [0.05, 0.1) is 0 Å². The summed E-state index contributed by atoms with van der Waals surface area (Å²) < 4.78 is 1.94. The van der Waals surface area contributed by atoms with Crippen LogP contribution in [0.2, 0.25) is 0 Å². The quantitative estimate of drug-likeness (QED) is 0.496. The molecule has 0 N–H and O–H groups in total. The number of carbonyl (C=O) groups is 1. The van der Waals surface area contributed by atoms with Crippen LogP contribution in [0.1, 0.15) is 15.9 Å². The van der Waals surface area contributed by atoms with Crippen molar-refractivity contribution in [2.45, 2.75) is 13.5 Å².